The number of rotatable bonds is 5. The summed E-state index contributed by atoms with van der Waals surface area (Å²) in [5.41, 5.74) is 1.02. The van der Waals surface area contributed by atoms with E-state index in [-0.39, 0.29) is 5.56 Å². The lowest BCUT2D eigenvalue weighted by Gasteiger charge is -2.38. The van der Waals surface area contributed by atoms with Crippen LogP contribution in [0.3, 0.4) is 0 Å². The molecule has 1 saturated carbocycles. The van der Waals surface area contributed by atoms with Crippen LogP contribution in [-0.4, -0.2) is 16.3 Å². The highest BCUT2D eigenvalue weighted by atomic mass is 79.9. The molecule has 1 aromatic heterocycles. The molecule has 0 aliphatic heterocycles. The van der Waals surface area contributed by atoms with Gasteiger partial charge in [-0.25, -0.2) is 4.68 Å². The van der Waals surface area contributed by atoms with Crippen molar-refractivity contribution in [2.75, 3.05) is 11.9 Å². The summed E-state index contributed by atoms with van der Waals surface area (Å²) in [7, 11) is 0. The van der Waals surface area contributed by atoms with Crippen LogP contribution in [0.2, 0.25) is 0 Å². The summed E-state index contributed by atoms with van der Waals surface area (Å²) in [6.07, 6.45) is 7.15. The topological polar surface area (TPSA) is 46.9 Å². The number of nitrogens with one attached hydrogen (secondary N) is 1. The van der Waals surface area contributed by atoms with Gasteiger partial charge in [-0.05, 0) is 34.2 Å². The molecule has 2 rings (SSSR count). The van der Waals surface area contributed by atoms with Crippen LogP contribution < -0.4 is 10.9 Å². The van der Waals surface area contributed by atoms with Crippen molar-refractivity contribution in [3.8, 4) is 0 Å². The largest absolute Gasteiger partial charge is 0.382 e. The minimum atomic E-state index is -0.126. The Balaban J connectivity index is 2.11. The molecule has 0 saturated heterocycles. The summed E-state index contributed by atoms with van der Waals surface area (Å²) in [4.78, 5) is 12.0. The molecule has 1 aromatic rings. The Bertz CT molecular complexity index is 505. The van der Waals surface area contributed by atoms with Crippen LogP contribution in [-0.2, 0) is 6.54 Å². The highest BCUT2D eigenvalue weighted by Gasteiger charge is 2.31. The van der Waals surface area contributed by atoms with Gasteiger partial charge in [-0.15, -0.1) is 6.58 Å². The van der Waals surface area contributed by atoms with Crippen LogP contribution in [0.4, 0.5) is 5.69 Å². The zero-order valence-corrected chi connectivity index (χ0v) is 12.2. The van der Waals surface area contributed by atoms with Crippen LogP contribution in [0.1, 0.15) is 26.2 Å². The third-order valence-electron chi connectivity index (χ3n) is 3.55. The highest BCUT2D eigenvalue weighted by molar-refractivity contribution is 9.10. The first-order chi connectivity index (χ1) is 8.56. The summed E-state index contributed by atoms with van der Waals surface area (Å²) in [6.45, 7) is 7.19. The Hall–Kier alpha value is -1.10. The predicted molar refractivity (Wildman–Crippen MR) is 76.8 cm³/mol. The predicted octanol–water partition coefficient (Wildman–Crippen LogP) is 2.79. The average molecular weight is 312 g/mol. The van der Waals surface area contributed by atoms with Gasteiger partial charge < -0.3 is 5.32 Å². The first-order valence-corrected chi connectivity index (χ1v) is 6.95. The molecule has 0 bridgehead atoms. The lowest BCUT2D eigenvalue weighted by Crippen LogP contribution is -2.34. The molecule has 18 heavy (non-hydrogen) atoms. The smallest absolute Gasteiger partial charge is 0.283 e. The molecular weight excluding hydrogens is 294 g/mol. The molecular formula is C13H18BrN3O. The van der Waals surface area contributed by atoms with E-state index in [1.54, 1.807) is 12.3 Å². The monoisotopic (exact) mass is 311 g/mol. The zero-order chi connectivity index (χ0) is 13.2. The third-order valence-corrected chi connectivity index (χ3v) is 4.32. The van der Waals surface area contributed by atoms with E-state index in [4.69, 9.17) is 0 Å². The molecule has 1 heterocycles. The minimum Gasteiger partial charge on any atom is -0.382 e. The standard InChI is InChI=1S/C13H18BrN3O/c1-3-7-17-12(18)11(14)10(8-16-17)15-9-13(2)5-4-6-13/h3,8,15H,1,4-7,9H2,2H3. The molecule has 98 valence electrons. The lowest BCUT2D eigenvalue weighted by molar-refractivity contribution is 0.180. The average Bonchev–Trinajstić information content (AvgIpc) is 2.32. The Morgan fingerprint density at radius 2 is 2.39 bits per heavy atom. The van der Waals surface area contributed by atoms with E-state index < -0.39 is 0 Å². The van der Waals surface area contributed by atoms with Gasteiger partial charge in [0.15, 0.2) is 0 Å². The maximum atomic E-state index is 12.0. The van der Waals surface area contributed by atoms with E-state index in [0.29, 0.717) is 16.4 Å². The molecule has 1 fully saturated rings. The molecule has 0 atom stereocenters. The van der Waals surface area contributed by atoms with Gasteiger partial charge in [0.25, 0.3) is 5.56 Å². The number of allylic oxidation sites excluding steroid dienone is 1. The fraction of sp³-hybridized carbons (Fsp3) is 0.538. The Labute approximate surface area is 115 Å². The zero-order valence-electron chi connectivity index (χ0n) is 10.6. The second kappa shape index (κ2) is 5.26. The van der Waals surface area contributed by atoms with Crippen LogP contribution in [0.25, 0.3) is 0 Å². The van der Waals surface area contributed by atoms with Gasteiger partial charge in [0.05, 0.1) is 18.4 Å². The molecule has 1 aliphatic carbocycles. The summed E-state index contributed by atoms with van der Waals surface area (Å²) in [6, 6.07) is 0. The van der Waals surface area contributed by atoms with E-state index >= 15 is 0 Å². The fourth-order valence-corrected chi connectivity index (χ4v) is 2.55. The van der Waals surface area contributed by atoms with Gasteiger partial charge in [-0.2, -0.15) is 5.10 Å². The molecule has 1 N–H and O–H groups in total. The second-order valence-corrected chi connectivity index (χ2v) is 5.96. The number of halogens is 1. The molecule has 0 amide bonds. The highest BCUT2D eigenvalue weighted by Crippen LogP contribution is 2.40. The number of aromatic nitrogens is 2. The van der Waals surface area contributed by atoms with E-state index in [0.717, 1.165) is 12.2 Å². The van der Waals surface area contributed by atoms with Gasteiger partial charge >= 0.3 is 0 Å². The van der Waals surface area contributed by atoms with Crippen molar-refractivity contribution in [1.29, 1.82) is 0 Å². The van der Waals surface area contributed by atoms with Crippen LogP contribution >= 0.6 is 15.9 Å². The number of nitrogens with zero attached hydrogens (tertiary/aromatic N) is 2. The van der Waals surface area contributed by atoms with Crippen molar-refractivity contribution < 1.29 is 0 Å². The lowest BCUT2D eigenvalue weighted by atomic mass is 9.70. The molecule has 0 radical (unpaired) electrons. The number of hydrogen-bond donors (Lipinski definition) is 1. The van der Waals surface area contributed by atoms with E-state index in [2.05, 4.69) is 39.8 Å². The fourth-order valence-electron chi connectivity index (χ4n) is 2.11. The SMILES string of the molecule is C=CCn1ncc(NCC2(C)CCC2)c(Br)c1=O. The Morgan fingerprint density at radius 3 is 2.94 bits per heavy atom. The van der Waals surface area contributed by atoms with E-state index in [1.165, 1.54) is 23.9 Å². The van der Waals surface area contributed by atoms with Crippen LogP contribution in [0.5, 0.6) is 0 Å². The quantitative estimate of drug-likeness (QED) is 0.851. The normalized spacial score (nSPS) is 17.0. The van der Waals surface area contributed by atoms with Crippen LogP contribution in [0.15, 0.2) is 28.1 Å². The van der Waals surface area contributed by atoms with Gasteiger partial charge in [-0.3, -0.25) is 4.79 Å². The van der Waals surface area contributed by atoms with Crippen molar-refractivity contribution >= 4 is 21.6 Å². The summed E-state index contributed by atoms with van der Waals surface area (Å²) in [5, 5.41) is 7.43. The maximum absolute atomic E-state index is 12.0. The first kappa shape index (κ1) is 13.3. The minimum absolute atomic E-state index is 0.126. The van der Waals surface area contributed by atoms with Crippen molar-refractivity contribution in [1.82, 2.24) is 9.78 Å². The maximum Gasteiger partial charge on any atom is 0.283 e. The molecule has 0 unspecified atom stereocenters. The first-order valence-electron chi connectivity index (χ1n) is 6.16. The van der Waals surface area contributed by atoms with E-state index in [9.17, 15) is 4.79 Å². The summed E-state index contributed by atoms with van der Waals surface area (Å²) in [5.74, 6) is 0. The van der Waals surface area contributed by atoms with Gasteiger partial charge in [0.1, 0.15) is 4.47 Å². The summed E-state index contributed by atoms with van der Waals surface area (Å²) < 4.78 is 1.93. The second-order valence-electron chi connectivity index (χ2n) is 5.17. The van der Waals surface area contributed by atoms with Crippen LogP contribution in [0, 0.1) is 5.41 Å². The number of hydrogen-bond acceptors (Lipinski definition) is 3. The summed E-state index contributed by atoms with van der Waals surface area (Å²) >= 11 is 3.34. The van der Waals surface area contributed by atoms with Gasteiger partial charge in [-0.1, -0.05) is 19.4 Å². The third kappa shape index (κ3) is 2.66. The van der Waals surface area contributed by atoms with E-state index in [1.807, 2.05) is 0 Å². The van der Waals surface area contributed by atoms with Crippen molar-refractivity contribution in [2.45, 2.75) is 32.7 Å². The molecule has 1 aliphatic rings. The molecule has 0 aromatic carbocycles. The van der Waals surface area contributed by atoms with Gasteiger partial charge in [0, 0.05) is 6.54 Å². The van der Waals surface area contributed by atoms with Crippen molar-refractivity contribution in [3.63, 3.8) is 0 Å². The Morgan fingerprint density at radius 1 is 1.67 bits per heavy atom. The molecule has 4 nitrogen and oxygen atoms in total. The number of anilines is 1. The van der Waals surface area contributed by atoms with Crippen molar-refractivity contribution in [3.05, 3.63) is 33.7 Å². The van der Waals surface area contributed by atoms with Crippen molar-refractivity contribution in [2.24, 2.45) is 5.41 Å². The Kier molecular flexibility index (Phi) is 3.90. The van der Waals surface area contributed by atoms with Gasteiger partial charge in [0.2, 0.25) is 0 Å². The molecule has 5 heteroatoms. The molecule has 0 spiro atoms.